The van der Waals surface area contributed by atoms with E-state index in [9.17, 15) is 4.39 Å². The Balaban J connectivity index is 1.81. The van der Waals surface area contributed by atoms with Crippen molar-refractivity contribution >= 4 is 0 Å². The number of fused-ring (bicyclic) bond motifs is 2. The summed E-state index contributed by atoms with van der Waals surface area (Å²) in [6.07, 6.45) is 7.69. The van der Waals surface area contributed by atoms with Gasteiger partial charge in [0.15, 0.2) is 0 Å². The molecule has 0 bridgehead atoms. The van der Waals surface area contributed by atoms with Gasteiger partial charge in [-0.2, -0.15) is 0 Å². The van der Waals surface area contributed by atoms with Crippen LogP contribution in [0.1, 0.15) is 61.1 Å². The average molecular weight is 257 g/mol. The van der Waals surface area contributed by atoms with Gasteiger partial charge >= 0.3 is 0 Å². The fourth-order valence-corrected chi connectivity index (χ4v) is 5.26. The van der Waals surface area contributed by atoms with Gasteiger partial charge in [-0.3, -0.25) is 0 Å². The van der Waals surface area contributed by atoms with E-state index in [1.165, 1.54) is 49.7 Å². The van der Waals surface area contributed by atoms with Crippen molar-refractivity contribution in [3.05, 3.63) is 34.6 Å². The van der Waals surface area contributed by atoms with Crippen LogP contribution in [0.5, 0.6) is 0 Å². The average Bonchev–Trinajstić information content (AvgIpc) is 3.25. The van der Waals surface area contributed by atoms with Gasteiger partial charge in [-0.05, 0) is 79.2 Å². The maximum atomic E-state index is 14.6. The van der Waals surface area contributed by atoms with Crippen molar-refractivity contribution in [2.75, 3.05) is 6.54 Å². The second kappa shape index (κ2) is 3.22. The molecule has 0 saturated heterocycles. The minimum atomic E-state index is 0.0918. The van der Waals surface area contributed by atoms with Crippen LogP contribution >= 0.6 is 0 Å². The summed E-state index contributed by atoms with van der Waals surface area (Å²) in [6.45, 7) is 2.02. The van der Waals surface area contributed by atoms with Crippen molar-refractivity contribution < 1.29 is 4.39 Å². The molecule has 2 heteroatoms. The zero-order chi connectivity index (χ0) is 12.7. The molecule has 100 valence electrons. The second-order valence-corrected chi connectivity index (χ2v) is 7.22. The first kappa shape index (κ1) is 10.8. The Morgan fingerprint density at radius 2 is 2.00 bits per heavy atom. The largest absolute Gasteiger partial charge is 0.313 e. The van der Waals surface area contributed by atoms with Crippen LogP contribution in [0, 0.1) is 11.2 Å². The summed E-state index contributed by atoms with van der Waals surface area (Å²) in [5, 5.41) is 3.52. The number of hydrogen-bond acceptors (Lipinski definition) is 1. The quantitative estimate of drug-likeness (QED) is 0.748. The monoisotopic (exact) mass is 257 g/mol. The molecule has 1 heterocycles. The Kier molecular flexibility index (Phi) is 1.84. The van der Waals surface area contributed by atoms with Gasteiger partial charge in [0.25, 0.3) is 0 Å². The molecule has 2 fully saturated rings. The van der Waals surface area contributed by atoms with E-state index in [1.54, 1.807) is 6.07 Å². The lowest BCUT2D eigenvalue weighted by atomic mass is 9.64. The smallest absolute Gasteiger partial charge is 0.127 e. The van der Waals surface area contributed by atoms with Crippen molar-refractivity contribution in [2.24, 2.45) is 5.41 Å². The molecule has 1 atom stereocenters. The predicted octanol–water partition coefficient (Wildman–Crippen LogP) is 3.62. The summed E-state index contributed by atoms with van der Waals surface area (Å²) in [5.41, 5.74) is 4.70. The highest BCUT2D eigenvalue weighted by molar-refractivity contribution is 5.52. The molecule has 19 heavy (non-hydrogen) atoms. The Morgan fingerprint density at radius 1 is 1.16 bits per heavy atom. The van der Waals surface area contributed by atoms with Gasteiger partial charge in [0, 0.05) is 12.0 Å². The predicted molar refractivity (Wildman–Crippen MR) is 72.7 cm³/mol. The van der Waals surface area contributed by atoms with Crippen molar-refractivity contribution in [3.63, 3.8) is 0 Å². The molecule has 0 radical (unpaired) electrons. The van der Waals surface area contributed by atoms with Gasteiger partial charge in [-0.15, -0.1) is 0 Å². The van der Waals surface area contributed by atoms with Crippen molar-refractivity contribution in [1.29, 1.82) is 0 Å². The van der Waals surface area contributed by atoms with Crippen molar-refractivity contribution in [1.82, 2.24) is 5.32 Å². The molecule has 5 rings (SSSR count). The topological polar surface area (TPSA) is 12.0 Å². The summed E-state index contributed by atoms with van der Waals surface area (Å²) in [5.74, 6) is 0.707. The normalized spacial score (nSPS) is 31.9. The molecule has 1 nitrogen and oxygen atoms in total. The summed E-state index contributed by atoms with van der Waals surface area (Å²) in [7, 11) is 0. The summed E-state index contributed by atoms with van der Waals surface area (Å²) >= 11 is 0. The highest BCUT2D eigenvalue weighted by atomic mass is 19.1. The lowest BCUT2D eigenvalue weighted by Crippen LogP contribution is -2.33. The van der Waals surface area contributed by atoms with E-state index in [4.69, 9.17) is 0 Å². The van der Waals surface area contributed by atoms with Gasteiger partial charge < -0.3 is 5.32 Å². The third kappa shape index (κ3) is 1.20. The highest BCUT2D eigenvalue weighted by Crippen LogP contribution is 2.77. The lowest BCUT2D eigenvalue weighted by molar-refractivity contribution is 0.278. The van der Waals surface area contributed by atoms with Crippen LogP contribution in [0.15, 0.2) is 12.1 Å². The van der Waals surface area contributed by atoms with Crippen LogP contribution in [0.4, 0.5) is 4.39 Å². The Labute approximate surface area is 113 Å². The fraction of sp³-hybridized carbons (Fsp3) is 0.647. The van der Waals surface area contributed by atoms with Crippen LogP contribution in [0.3, 0.4) is 0 Å². The number of halogens is 1. The molecule has 2 saturated carbocycles. The first-order chi connectivity index (χ1) is 9.26. The number of nitrogens with one attached hydrogen (secondary N) is 1. The second-order valence-electron chi connectivity index (χ2n) is 7.22. The summed E-state index contributed by atoms with van der Waals surface area (Å²) in [4.78, 5) is 0. The fourth-order valence-electron chi connectivity index (χ4n) is 5.26. The molecule has 1 aliphatic heterocycles. The van der Waals surface area contributed by atoms with Gasteiger partial charge in [-0.25, -0.2) is 4.39 Å². The minimum absolute atomic E-state index is 0.0918. The van der Waals surface area contributed by atoms with E-state index >= 15 is 0 Å². The Morgan fingerprint density at radius 3 is 2.74 bits per heavy atom. The summed E-state index contributed by atoms with van der Waals surface area (Å²) in [6, 6.07) is 3.76. The van der Waals surface area contributed by atoms with Gasteiger partial charge in [0.05, 0.1) is 0 Å². The molecular weight excluding hydrogens is 237 g/mol. The number of benzene rings is 1. The van der Waals surface area contributed by atoms with E-state index in [0.29, 0.717) is 11.3 Å². The SMILES string of the molecule is Fc1ccc2c3c1C1(CC1)C1(CC1)CC3CCNC2. The molecule has 0 aromatic heterocycles. The minimum Gasteiger partial charge on any atom is -0.313 e. The first-order valence-corrected chi connectivity index (χ1v) is 7.78. The molecule has 3 aliphatic carbocycles. The third-order valence-electron chi connectivity index (χ3n) is 6.41. The molecule has 2 spiro atoms. The van der Waals surface area contributed by atoms with E-state index in [-0.39, 0.29) is 11.2 Å². The van der Waals surface area contributed by atoms with Crippen molar-refractivity contribution in [2.45, 2.75) is 56.4 Å². The van der Waals surface area contributed by atoms with Gasteiger partial charge in [-0.1, -0.05) is 6.07 Å². The number of hydrogen-bond donors (Lipinski definition) is 1. The third-order valence-corrected chi connectivity index (χ3v) is 6.41. The maximum absolute atomic E-state index is 14.6. The molecule has 1 aromatic rings. The van der Waals surface area contributed by atoms with Crippen molar-refractivity contribution in [3.8, 4) is 0 Å². The van der Waals surface area contributed by atoms with Crippen LogP contribution in [-0.2, 0) is 12.0 Å². The molecule has 1 N–H and O–H groups in total. The Bertz CT molecular complexity index is 569. The van der Waals surface area contributed by atoms with Crippen LogP contribution in [-0.4, -0.2) is 6.54 Å². The first-order valence-electron chi connectivity index (χ1n) is 7.78. The zero-order valence-electron chi connectivity index (χ0n) is 11.3. The van der Waals surface area contributed by atoms with E-state index in [1.807, 2.05) is 6.07 Å². The van der Waals surface area contributed by atoms with Crippen LogP contribution in [0.2, 0.25) is 0 Å². The molecule has 0 amide bonds. The molecule has 1 aromatic carbocycles. The molecule has 4 aliphatic rings. The van der Waals surface area contributed by atoms with E-state index in [0.717, 1.165) is 18.7 Å². The van der Waals surface area contributed by atoms with Gasteiger partial charge in [0.1, 0.15) is 5.82 Å². The lowest BCUT2D eigenvalue weighted by Gasteiger charge is -2.40. The van der Waals surface area contributed by atoms with Crippen LogP contribution in [0.25, 0.3) is 0 Å². The van der Waals surface area contributed by atoms with Crippen LogP contribution < -0.4 is 5.32 Å². The van der Waals surface area contributed by atoms with E-state index < -0.39 is 0 Å². The zero-order valence-corrected chi connectivity index (χ0v) is 11.3. The standard InChI is InChI=1S/C17H20FN/c18-13-2-1-12-10-19-8-3-11-9-16(4-5-16)17(6-7-17)15(13)14(11)12/h1-2,11,19H,3-10H2. The number of rotatable bonds is 0. The van der Waals surface area contributed by atoms with E-state index in [2.05, 4.69) is 5.32 Å². The Hall–Kier alpha value is -0.890. The summed E-state index contributed by atoms with van der Waals surface area (Å²) < 4.78 is 14.6. The highest BCUT2D eigenvalue weighted by Gasteiger charge is 2.69. The molecular formula is C17H20FN. The maximum Gasteiger partial charge on any atom is 0.127 e. The van der Waals surface area contributed by atoms with Gasteiger partial charge in [0.2, 0.25) is 0 Å². The molecule has 1 unspecified atom stereocenters.